The first-order valence-corrected chi connectivity index (χ1v) is 7.31. The molecule has 3 aromatic carbocycles. The second kappa shape index (κ2) is 6.87. The Kier molecular flexibility index (Phi) is 4.47. The van der Waals surface area contributed by atoms with Gasteiger partial charge in [0.2, 0.25) is 0 Å². The number of carbonyl (C=O) groups is 1. The molecule has 114 valence electrons. The van der Waals surface area contributed by atoms with Crippen LogP contribution in [-0.4, -0.2) is 5.78 Å². The average molecular weight is 304 g/mol. The van der Waals surface area contributed by atoms with Gasteiger partial charge in [0.05, 0.1) is 11.3 Å². The van der Waals surface area contributed by atoms with Crippen LogP contribution in [0.25, 0.3) is 0 Å². The van der Waals surface area contributed by atoms with Gasteiger partial charge >= 0.3 is 0 Å². The number of para-hydroxylation sites is 2. The van der Waals surface area contributed by atoms with Gasteiger partial charge in [0.15, 0.2) is 11.5 Å². The summed E-state index contributed by atoms with van der Waals surface area (Å²) < 4.78 is 0. The molecule has 0 saturated heterocycles. The van der Waals surface area contributed by atoms with Gasteiger partial charge < -0.3 is 5.21 Å². The maximum atomic E-state index is 12.6. The lowest BCUT2D eigenvalue weighted by Crippen LogP contribution is -3.06. The Morgan fingerprint density at radius 3 is 2.04 bits per heavy atom. The molecule has 0 fully saturated rings. The smallest absolute Gasteiger partial charge is 0.199 e. The topological polar surface area (TPSA) is 56.6 Å². The SMILES string of the molecule is O=C(c1ccccc1)c1ccccc1[NH+]([O-])Nc1ccccc1. The lowest BCUT2D eigenvalue weighted by molar-refractivity contribution is -0.749. The Hall–Kier alpha value is -2.95. The highest BCUT2D eigenvalue weighted by molar-refractivity contribution is 6.11. The average Bonchev–Trinajstić information content (AvgIpc) is 2.62. The number of hydrogen-bond donors (Lipinski definition) is 2. The molecule has 0 aromatic heterocycles. The van der Waals surface area contributed by atoms with Crippen molar-refractivity contribution in [1.82, 2.24) is 0 Å². The van der Waals surface area contributed by atoms with Gasteiger partial charge in [-0.25, -0.2) is 10.6 Å². The summed E-state index contributed by atoms with van der Waals surface area (Å²) in [4.78, 5) is 12.6. The van der Waals surface area contributed by atoms with Gasteiger partial charge in [-0.05, 0) is 18.2 Å². The molecular formula is C19H16N2O2. The molecule has 0 aliphatic heterocycles. The zero-order valence-electron chi connectivity index (χ0n) is 12.4. The molecule has 0 aliphatic carbocycles. The Bertz CT molecular complexity index is 789. The number of hydrogen-bond acceptors (Lipinski definition) is 3. The Balaban J connectivity index is 1.90. The van der Waals surface area contributed by atoms with Crippen molar-refractivity contribution in [3.05, 3.63) is 101 Å². The predicted octanol–water partition coefficient (Wildman–Crippen LogP) is 2.96. The maximum absolute atomic E-state index is 12.6. The molecule has 0 bridgehead atoms. The minimum atomic E-state index is -0.295. The van der Waals surface area contributed by atoms with E-state index in [0.29, 0.717) is 22.5 Å². The molecule has 0 spiro atoms. The van der Waals surface area contributed by atoms with Crippen LogP contribution >= 0.6 is 0 Å². The van der Waals surface area contributed by atoms with Crippen LogP contribution in [-0.2, 0) is 0 Å². The summed E-state index contributed by atoms with van der Waals surface area (Å²) in [6.45, 7) is 0. The van der Waals surface area contributed by atoms with Crippen LogP contribution in [0.15, 0.2) is 84.9 Å². The van der Waals surface area contributed by atoms with Crippen molar-refractivity contribution < 1.29 is 9.97 Å². The predicted molar refractivity (Wildman–Crippen MR) is 90.4 cm³/mol. The van der Waals surface area contributed by atoms with E-state index in [-0.39, 0.29) is 11.0 Å². The van der Waals surface area contributed by atoms with Crippen LogP contribution in [0.2, 0.25) is 0 Å². The van der Waals surface area contributed by atoms with Crippen LogP contribution < -0.4 is 10.6 Å². The van der Waals surface area contributed by atoms with Crippen LogP contribution in [0.5, 0.6) is 0 Å². The molecular weight excluding hydrogens is 288 g/mol. The number of ketones is 1. The molecule has 0 radical (unpaired) electrons. The van der Waals surface area contributed by atoms with E-state index in [9.17, 15) is 10.0 Å². The lowest BCUT2D eigenvalue weighted by atomic mass is 10.0. The Labute approximate surface area is 134 Å². The first-order valence-electron chi connectivity index (χ1n) is 7.31. The second-order valence-electron chi connectivity index (χ2n) is 5.06. The largest absolute Gasteiger partial charge is 0.603 e. The van der Waals surface area contributed by atoms with E-state index in [2.05, 4.69) is 5.43 Å². The zero-order chi connectivity index (χ0) is 16.1. The molecule has 1 atom stereocenters. The molecule has 0 aliphatic rings. The highest BCUT2D eigenvalue weighted by atomic mass is 16.5. The maximum Gasteiger partial charge on any atom is 0.199 e. The normalized spacial score (nSPS) is 11.7. The van der Waals surface area contributed by atoms with E-state index in [4.69, 9.17) is 0 Å². The van der Waals surface area contributed by atoms with Gasteiger partial charge in [0.25, 0.3) is 0 Å². The summed E-state index contributed by atoms with van der Waals surface area (Å²) in [5.74, 6) is -0.163. The minimum Gasteiger partial charge on any atom is -0.603 e. The van der Waals surface area contributed by atoms with Crippen molar-refractivity contribution >= 4 is 17.2 Å². The third-order valence-corrected chi connectivity index (χ3v) is 3.48. The first kappa shape index (κ1) is 15.0. The summed E-state index contributed by atoms with van der Waals surface area (Å²) in [5, 5.41) is 12.2. The van der Waals surface area contributed by atoms with Crippen molar-refractivity contribution in [1.29, 1.82) is 0 Å². The van der Waals surface area contributed by atoms with Crippen LogP contribution in [0.3, 0.4) is 0 Å². The standard InChI is InChI=1S/C19H16N2O2/c22-19(15-9-3-1-4-10-15)17-13-7-8-14-18(17)21(23)20-16-11-5-2-6-12-16/h1-14,20-21H. The van der Waals surface area contributed by atoms with E-state index in [1.165, 1.54) is 0 Å². The van der Waals surface area contributed by atoms with Crippen LogP contribution in [0, 0.1) is 5.21 Å². The molecule has 1 unspecified atom stereocenters. The van der Waals surface area contributed by atoms with Gasteiger partial charge in [-0.3, -0.25) is 4.79 Å². The number of quaternary nitrogens is 1. The molecule has 2 N–H and O–H groups in total. The quantitative estimate of drug-likeness (QED) is 0.563. The van der Waals surface area contributed by atoms with Crippen molar-refractivity contribution in [2.75, 3.05) is 5.43 Å². The van der Waals surface area contributed by atoms with E-state index >= 15 is 0 Å². The van der Waals surface area contributed by atoms with E-state index in [0.717, 1.165) is 0 Å². The fourth-order valence-corrected chi connectivity index (χ4v) is 2.34. The van der Waals surface area contributed by atoms with Gasteiger partial charge in [0, 0.05) is 11.6 Å². The highest BCUT2D eigenvalue weighted by Gasteiger charge is 2.17. The van der Waals surface area contributed by atoms with Gasteiger partial charge in [0.1, 0.15) is 0 Å². The van der Waals surface area contributed by atoms with Crippen molar-refractivity contribution in [3.8, 4) is 0 Å². The summed E-state index contributed by atoms with van der Waals surface area (Å²) in [5.41, 5.74) is 4.83. The van der Waals surface area contributed by atoms with Gasteiger partial charge in [-0.1, -0.05) is 60.7 Å². The third kappa shape index (κ3) is 3.45. The summed E-state index contributed by atoms with van der Waals surface area (Å²) in [7, 11) is 0. The van der Waals surface area contributed by atoms with Gasteiger partial charge in [-0.15, -0.1) is 0 Å². The molecule has 3 aromatic rings. The summed E-state index contributed by atoms with van der Waals surface area (Å²) >= 11 is 0. The van der Waals surface area contributed by atoms with Crippen molar-refractivity contribution in [2.24, 2.45) is 0 Å². The molecule has 0 saturated carbocycles. The zero-order valence-corrected chi connectivity index (χ0v) is 12.4. The highest BCUT2D eigenvalue weighted by Crippen LogP contribution is 2.16. The third-order valence-electron chi connectivity index (χ3n) is 3.48. The number of carbonyl (C=O) groups excluding carboxylic acids is 1. The van der Waals surface area contributed by atoms with Crippen molar-refractivity contribution in [2.45, 2.75) is 0 Å². The molecule has 3 rings (SSSR count). The molecule has 0 heterocycles. The van der Waals surface area contributed by atoms with Crippen LogP contribution in [0.1, 0.15) is 15.9 Å². The van der Waals surface area contributed by atoms with E-state index in [1.54, 1.807) is 60.7 Å². The Morgan fingerprint density at radius 2 is 1.35 bits per heavy atom. The second-order valence-corrected chi connectivity index (χ2v) is 5.06. The molecule has 4 heteroatoms. The fraction of sp³-hybridized carbons (Fsp3) is 0. The van der Waals surface area contributed by atoms with E-state index in [1.807, 2.05) is 24.3 Å². The lowest BCUT2D eigenvalue weighted by Gasteiger charge is -2.24. The summed E-state index contributed by atoms with van der Waals surface area (Å²) in [6.07, 6.45) is 0. The van der Waals surface area contributed by atoms with Crippen LogP contribution in [0.4, 0.5) is 11.4 Å². The minimum absolute atomic E-state index is 0.163. The number of benzene rings is 3. The Morgan fingerprint density at radius 1 is 0.783 bits per heavy atom. The van der Waals surface area contributed by atoms with Gasteiger partial charge in [-0.2, -0.15) is 0 Å². The number of anilines is 1. The monoisotopic (exact) mass is 304 g/mol. The van der Waals surface area contributed by atoms with Crippen molar-refractivity contribution in [3.63, 3.8) is 0 Å². The molecule has 0 amide bonds. The number of rotatable bonds is 5. The van der Waals surface area contributed by atoms with E-state index < -0.39 is 0 Å². The molecule has 23 heavy (non-hydrogen) atoms. The number of nitrogens with one attached hydrogen (secondary N) is 2. The first-order chi connectivity index (χ1) is 11.3. The molecule has 4 nitrogen and oxygen atoms in total. The fourth-order valence-electron chi connectivity index (χ4n) is 2.34. The summed E-state index contributed by atoms with van der Waals surface area (Å²) in [6, 6.07) is 25.0.